The molecule has 2 saturated carbocycles. The van der Waals surface area contributed by atoms with Crippen molar-refractivity contribution in [1.29, 1.82) is 0 Å². The third-order valence-electron chi connectivity index (χ3n) is 6.63. The van der Waals surface area contributed by atoms with Crippen molar-refractivity contribution in [3.63, 3.8) is 0 Å². The third kappa shape index (κ3) is 3.62. The molecule has 2 aromatic rings. The van der Waals surface area contributed by atoms with E-state index in [9.17, 15) is 13.6 Å². The van der Waals surface area contributed by atoms with Crippen molar-refractivity contribution in [2.24, 2.45) is 11.8 Å². The Morgan fingerprint density at radius 2 is 1.33 bits per heavy atom. The highest BCUT2D eigenvalue weighted by Gasteiger charge is 2.36. The van der Waals surface area contributed by atoms with Crippen LogP contribution in [0, 0.1) is 23.5 Å². The Morgan fingerprint density at radius 1 is 0.815 bits per heavy atom. The number of hydrogen-bond acceptors (Lipinski definition) is 1. The molecule has 27 heavy (non-hydrogen) atoms. The zero-order valence-corrected chi connectivity index (χ0v) is 15.2. The molecule has 0 saturated heterocycles. The lowest BCUT2D eigenvalue weighted by molar-refractivity contribution is 0.0686. The van der Waals surface area contributed by atoms with E-state index in [1.165, 1.54) is 30.5 Å². The van der Waals surface area contributed by atoms with E-state index in [2.05, 4.69) is 24.3 Å². The highest BCUT2D eigenvalue weighted by Crippen LogP contribution is 2.50. The zero-order chi connectivity index (χ0) is 19.0. The van der Waals surface area contributed by atoms with Gasteiger partial charge in [0.2, 0.25) is 0 Å². The van der Waals surface area contributed by atoms with Gasteiger partial charge in [0.1, 0.15) is 17.2 Å². The van der Waals surface area contributed by atoms with E-state index in [4.69, 9.17) is 5.11 Å². The van der Waals surface area contributed by atoms with E-state index in [0.29, 0.717) is 23.3 Å². The predicted octanol–water partition coefficient (Wildman–Crippen LogP) is 6.13. The van der Waals surface area contributed by atoms with Crippen LogP contribution < -0.4 is 0 Å². The number of carboxylic acids is 1. The molecule has 4 unspecified atom stereocenters. The first kappa shape index (κ1) is 18.1. The number of hydrogen-bond donors (Lipinski definition) is 1. The molecule has 0 heterocycles. The van der Waals surface area contributed by atoms with Gasteiger partial charge in [0.15, 0.2) is 0 Å². The first-order valence-corrected chi connectivity index (χ1v) is 9.80. The highest BCUT2D eigenvalue weighted by molar-refractivity contribution is 5.88. The van der Waals surface area contributed by atoms with Gasteiger partial charge in [-0.15, -0.1) is 0 Å². The molecular weight excluding hydrogens is 346 g/mol. The minimum atomic E-state index is -1.56. The maximum Gasteiger partial charge on any atom is 0.341 e. The van der Waals surface area contributed by atoms with Crippen LogP contribution in [0.15, 0.2) is 42.5 Å². The topological polar surface area (TPSA) is 37.3 Å². The first-order valence-electron chi connectivity index (χ1n) is 9.80. The summed E-state index contributed by atoms with van der Waals surface area (Å²) in [6.07, 6.45) is 6.44. The van der Waals surface area contributed by atoms with Crippen molar-refractivity contribution in [1.82, 2.24) is 0 Å². The quantitative estimate of drug-likeness (QED) is 0.705. The molecule has 4 heteroatoms. The Hall–Kier alpha value is -2.23. The number of rotatable bonds is 3. The minimum Gasteiger partial charge on any atom is -0.477 e. The minimum absolute atomic E-state index is 0.117. The molecule has 0 radical (unpaired) electrons. The highest BCUT2D eigenvalue weighted by atomic mass is 19.1. The van der Waals surface area contributed by atoms with E-state index in [1.54, 1.807) is 0 Å². The molecule has 2 aliphatic rings. The van der Waals surface area contributed by atoms with Crippen LogP contribution in [0.5, 0.6) is 0 Å². The molecule has 142 valence electrons. The number of fused-ring (bicyclic) bond motifs is 1. The predicted molar refractivity (Wildman–Crippen MR) is 99.9 cm³/mol. The van der Waals surface area contributed by atoms with Crippen LogP contribution in [-0.2, 0) is 0 Å². The van der Waals surface area contributed by atoms with Crippen molar-refractivity contribution in [3.8, 4) is 0 Å². The lowest BCUT2D eigenvalue weighted by Gasteiger charge is -2.42. The second-order valence-electron chi connectivity index (χ2n) is 8.12. The Balaban J connectivity index is 1.46. The van der Waals surface area contributed by atoms with E-state index >= 15 is 0 Å². The van der Waals surface area contributed by atoms with Crippen LogP contribution in [0.3, 0.4) is 0 Å². The molecule has 0 bridgehead atoms. The van der Waals surface area contributed by atoms with Gasteiger partial charge >= 0.3 is 5.97 Å². The average Bonchev–Trinajstić information content (AvgIpc) is 2.67. The fraction of sp³-hybridized carbons (Fsp3) is 0.435. The summed E-state index contributed by atoms with van der Waals surface area (Å²) in [5.74, 6) is -1.48. The molecule has 1 N–H and O–H groups in total. The largest absolute Gasteiger partial charge is 0.477 e. The van der Waals surface area contributed by atoms with E-state index in [1.807, 2.05) is 6.07 Å². The van der Waals surface area contributed by atoms with Crippen molar-refractivity contribution < 1.29 is 18.7 Å². The van der Waals surface area contributed by atoms with Crippen molar-refractivity contribution >= 4 is 5.97 Å². The fourth-order valence-electron chi connectivity index (χ4n) is 5.25. The molecule has 4 atom stereocenters. The molecule has 2 fully saturated rings. The normalized spacial score (nSPS) is 27.8. The molecule has 2 aromatic carbocycles. The first-order chi connectivity index (χ1) is 13.0. The van der Waals surface area contributed by atoms with Gasteiger partial charge in [-0.05, 0) is 85.5 Å². The number of aromatic carboxylic acids is 1. The standard InChI is InChI=1S/C23H24F2O2/c24-20-12-19(13-21(25)22(20)23(26)27)18-9-8-16-10-15(6-7-17(16)11-18)14-4-2-1-3-5-14/h1-5,12-13,15-18H,6-11H2,(H,26,27). The summed E-state index contributed by atoms with van der Waals surface area (Å²) in [6, 6.07) is 13.1. The van der Waals surface area contributed by atoms with Gasteiger partial charge in [-0.25, -0.2) is 13.6 Å². The van der Waals surface area contributed by atoms with Gasteiger partial charge in [0.05, 0.1) is 0 Å². The molecule has 2 nitrogen and oxygen atoms in total. The Bertz CT molecular complexity index is 811. The van der Waals surface area contributed by atoms with E-state index in [-0.39, 0.29) is 5.92 Å². The molecule has 2 aliphatic carbocycles. The van der Waals surface area contributed by atoms with Gasteiger partial charge in [0, 0.05) is 0 Å². The second kappa shape index (κ2) is 7.41. The maximum absolute atomic E-state index is 14.1. The van der Waals surface area contributed by atoms with Crippen LogP contribution >= 0.6 is 0 Å². The average molecular weight is 370 g/mol. The van der Waals surface area contributed by atoms with Crippen LogP contribution in [-0.4, -0.2) is 11.1 Å². The number of carbonyl (C=O) groups is 1. The van der Waals surface area contributed by atoms with E-state index < -0.39 is 23.2 Å². The Labute approximate surface area is 158 Å². The SMILES string of the molecule is O=C(O)c1c(F)cc(C2CCC3CC(c4ccccc4)CCC3C2)cc1F. The number of carboxylic acid groups (broad SMARTS) is 1. The van der Waals surface area contributed by atoms with Crippen LogP contribution in [0.2, 0.25) is 0 Å². The van der Waals surface area contributed by atoms with Crippen LogP contribution in [0.25, 0.3) is 0 Å². The van der Waals surface area contributed by atoms with Gasteiger partial charge in [-0.1, -0.05) is 30.3 Å². The van der Waals surface area contributed by atoms with Crippen molar-refractivity contribution in [2.75, 3.05) is 0 Å². The summed E-state index contributed by atoms with van der Waals surface area (Å²) in [5.41, 5.74) is 1.18. The lowest BCUT2D eigenvalue weighted by Crippen LogP contribution is -2.30. The van der Waals surface area contributed by atoms with Gasteiger partial charge in [-0.2, -0.15) is 0 Å². The molecule has 0 aliphatic heterocycles. The maximum atomic E-state index is 14.1. The zero-order valence-electron chi connectivity index (χ0n) is 15.2. The molecular formula is C23H24F2O2. The van der Waals surface area contributed by atoms with Crippen LogP contribution in [0.4, 0.5) is 8.78 Å². The van der Waals surface area contributed by atoms with Crippen molar-refractivity contribution in [2.45, 2.75) is 50.4 Å². The summed E-state index contributed by atoms with van der Waals surface area (Å²) in [6.45, 7) is 0. The molecule has 0 amide bonds. The third-order valence-corrected chi connectivity index (χ3v) is 6.63. The van der Waals surface area contributed by atoms with Gasteiger partial charge < -0.3 is 5.11 Å². The number of halogens is 2. The Morgan fingerprint density at radius 3 is 1.85 bits per heavy atom. The smallest absolute Gasteiger partial charge is 0.341 e. The fourth-order valence-corrected chi connectivity index (χ4v) is 5.25. The molecule has 4 rings (SSSR count). The number of benzene rings is 2. The van der Waals surface area contributed by atoms with Crippen LogP contribution in [0.1, 0.15) is 71.8 Å². The second-order valence-corrected chi connectivity index (χ2v) is 8.12. The Kier molecular flexibility index (Phi) is 4.98. The summed E-state index contributed by atoms with van der Waals surface area (Å²) in [7, 11) is 0. The lowest BCUT2D eigenvalue weighted by atomic mass is 9.63. The summed E-state index contributed by atoms with van der Waals surface area (Å²) >= 11 is 0. The molecule has 0 aromatic heterocycles. The van der Waals surface area contributed by atoms with Gasteiger partial charge in [0.25, 0.3) is 0 Å². The van der Waals surface area contributed by atoms with Gasteiger partial charge in [-0.3, -0.25) is 0 Å². The molecule has 0 spiro atoms. The van der Waals surface area contributed by atoms with Crippen molar-refractivity contribution in [3.05, 3.63) is 70.8 Å². The summed E-state index contributed by atoms with van der Waals surface area (Å²) in [5, 5.41) is 8.94. The van der Waals surface area contributed by atoms with E-state index in [0.717, 1.165) is 25.7 Å². The summed E-state index contributed by atoms with van der Waals surface area (Å²) in [4.78, 5) is 11.0. The monoisotopic (exact) mass is 370 g/mol. The summed E-state index contributed by atoms with van der Waals surface area (Å²) < 4.78 is 28.1.